The topological polar surface area (TPSA) is 0 Å². The third-order valence-corrected chi connectivity index (χ3v) is 0. The molecule has 0 rings (SSSR count). The third-order valence-electron chi connectivity index (χ3n) is 0. The molecule has 0 aliphatic rings. The van der Waals surface area contributed by atoms with Gasteiger partial charge in [0.2, 0.25) is 0 Å². The SMILES string of the molecule is [Ge].[Ge].[Ge].[Hf].[Hf].[Hf].[Hf].[Hf]. The van der Waals surface area contributed by atoms with Crippen LogP contribution in [0.2, 0.25) is 0 Å². The molecule has 0 saturated heterocycles. The fourth-order valence-corrected chi connectivity index (χ4v) is 0. The first-order valence-corrected chi connectivity index (χ1v) is 0. The van der Waals surface area contributed by atoms with Gasteiger partial charge in [-0.05, 0) is 0 Å². The fraction of sp³-hybridized carbons (Fsp3) is 0. The first-order valence-electron chi connectivity index (χ1n) is 0. The summed E-state index contributed by atoms with van der Waals surface area (Å²) in [6.07, 6.45) is 0. The molecular weight excluding hydrogens is 1110 g/mol. The molecule has 0 heterocycles. The summed E-state index contributed by atoms with van der Waals surface area (Å²) in [5.74, 6) is 0. The van der Waals surface area contributed by atoms with Gasteiger partial charge in [-0.25, -0.2) is 0 Å². The van der Waals surface area contributed by atoms with E-state index in [-0.39, 0.29) is 182 Å². The summed E-state index contributed by atoms with van der Waals surface area (Å²) >= 11 is 0. The molecule has 0 saturated carbocycles. The summed E-state index contributed by atoms with van der Waals surface area (Å²) < 4.78 is 0. The molecule has 0 nitrogen and oxygen atoms in total. The van der Waals surface area contributed by atoms with Crippen LogP contribution in [-0.2, 0) is 129 Å². The molecule has 0 amide bonds. The normalized spacial score (nSPS) is 0. The van der Waals surface area contributed by atoms with Crippen molar-refractivity contribution in [1.29, 1.82) is 0 Å². The Balaban J connectivity index is 0. The van der Waals surface area contributed by atoms with Crippen LogP contribution in [0.25, 0.3) is 0 Å². The predicted octanol–water partition coefficient (Wildman–Crippen LogP) is -1.15. The molecule has 0 atom stereocenters. The van der Waals surface area contributed by atoms with E-state index in [2.05, 4.69) is 0 Å². The summed E-state index contributed by atoms with van der Waals surface area (Å²) in [6, 6.07) is 0. The Labute approximate surface area is 177 Å². The van der Waals surface area contributed by atoms with E-state index in [0.717, 1.165) is 0 Å². The van der Waals surface area contributed by atoms with Crippen LogP contribution in [0, 0.1) is 0 Å². The van der Waals surface area contributed by atoms with Crippen LogP contribution in [0.5, 0.6) is 0 Å². The van der Waals surface area contributed by atoms with E-state index in [4.69, 9.17) is 0 Å². The Hall–Kier alpha value is 5.98. The van der Waals surface area contributed by atoms with Crippen molar-refractivity contribution < 1.29 is 129 Å². The van der Waals surface area contributed by atoms with Gasteiger partial charge in [-0.2, -0.15) is 0 Å². The molecule has 0 fully saturated rings. The van der Waals surface area contributed by atoms with E-state index in [1.54, 1.807) is 0 Å². The van der Waals surface area contributed by atoms with E-state index < -0.39 is 0 Å². The van der Waals surface area contributed by atoms with Gasteiger partial charge in [-0.1, -0.05) is 0 Å². The quantitative estimate of drug-likeness (QED) is 0.270. The monoisotopic (exact) mass is 1120 g/mol. The Kier molecular flexibility index (Phi) is 429. The second-order valence-electron chi connectivity index (χ2n) is 0. The van der Waals surface area contributed by atoms with Gasteiger partial charge in [0.15, 0.2) is 0 Å². The summed E-state index contributed by atoms with van der Waals surface area (Å²) in [4.78, 5) is 0. The largest absolute Gasteiger partial charge is 0 e. The fourth-order valence-electron chi connectivity index (χ4n) is 0. The minimum atomic E-state index is 0. The molecule has 0 bridgehead atoms. The summed E-state index contributed by atoms with van der Waals surface area (Å²) in [5.41, 5.74) is 0. The van der Waals surface area contributed by atoms with Crippen LogP contribution in [0.1, 0.15) is 0 Å². The first-order chi connectivity index (χ1) is 0. The smallest absolute Gasteiger partial charge is 0 e. The summed E-state index contributed by atoms with van der Waals surface area (Å²) in [7, 11) is 0. The minimum absolute atomic E-state index is 0. The van der Waals surface area contributed by atoms with Crippen LogP contribution >= 0.6 is 0 Å². The number of rotatable bonds is 0. The van der Waals surface area contributed by atoms with Crippen molar-refractivity contribution in [3.8, 4) is 0 Å². The second-order valence-corrected chi connectivity index (χ2v) is 0. The van der Waals surface area contributed by atoms with Gasteiger partial charge >= 0.3 is 0 Å². The van der Waals surface area contributed by atoms with Gasteiger partial charge in [0.25, 0.3) is 0 Å². The standard InChI is InChI=1S/3Ge.5Hf. The third kappa shape index (κ3) is 40.4. The molecule has 0 N–H and O–H groups in total. The molecule has 0 unspecified atom stereocenters. The number of hydrogen-bond donors (Lipinski definition) is 0. The average Bonchev–Trinajstić information content (AvgIpc) is 0. The second kappa shape index (κ2) is 52.1. The molecule has 0 aliphatic heterocycles. The molecule has 32 valence electrons. The van der Waals surface area contributed by atoms with Crippen molar-refractivity contribution >= 4 is 52.8 Å². The van der Waals surface area contributed by atoms with Gasteiger partial charge in [0, 0.05) is 182 Å². The molecule has 0 aromatic carbocycles. The van der Waals surface area contributed by atoms with Gasteiger partial charge in [-0.3, -0.25) is 0 Å². The Bertz CT molecular complexity index is 7.64. The van der Waals surface area contributed by atoms with E-state index in [0.29, 0.717) is 0 Å². The molecular formula is Ge3Hf5. The first kappa shape index (κ1) is 65.9. The predicted molar refractivity (Wildman–Crippen MR) is 17.3 cm³/mol. The van der Waals surface area contributed by atoms with Crippen molar-refractivity contribution in [3.63, 3.8) is 0 Å². The van der Waals surface area contributed by atoms with Crippen LogP contribution in [0.15, 0.2) is 0 Å². The molecule has 0 spiro atoms. The molecule has 0 aliphatic carbocycles. The van der Waals surface area contributed by atoms with Crippen molar-refractivity contribution in [2.45, 2.75) is 0 Å². The molecule has 8 heteroatoms. The maximum Gasteiger partial charge on any atom is 0 e. The van der Waals surface area contributed by atoms with E-state index >= 15 is 0 Å². The maximum atomic E-state index is 0. The van der Waals surface area contributed by atoms with Crippen LogP contribution in [0.4, 0.5) is 0 Å². The average molecular weight is 1110 g/mol. The zero-order valence-electron chi connectivity index (χ0n) is 4.00. The van der Waals surface area contributed by atoms with E-state index in [1.165, 1.54) is 0 Å². The van der Waals surface area contributed by atoms with Crippen molar-refractivity contribution in [2.24, 2.45) is 0 Å². The summed E-state index contributed by atoms with van der Waals surface area (Å²) in [6.45, 7) is 0. The summed E-state index contributed by atoms with van der Waals surface area (Å²) in [5, 5.41) is 0. The van der Waals surface area contributed by atoms with Crippen LogP contribution in [-0.4, -0.2) is 52.8 Å². The van der Waals surface area contributed by atoms with Gasteiger partial charge in [0.1, 0.15) is 0 Å². The van der Waals surface area contributed by atoms with Crippen molar-refractivity contribution in [2.75, 3.05) is 0 Å². The molecule has 12 radical (unpaired) electrons. The van der Waals surface area contributed by atoms with Gasteiger partial charge in [0.05, 0.1) is 0 Å². The van der Waals surface area contributed by atoms with Crippen molar-refractivity contribution in [3.05, 3.63) is 0 Å². The van der Waals surface area contributed by atoms with E-state index in [9.17, 15) is 0 Å². The zero-order valence-corrected chi connectivity index (χ0v) is 28.3. The molecule has 0 aromatic rings. The molecule has 0 aromatic heterocycles. The van der Waals surface area contributed by atoms with Gasteiger partial charge in [-0.15, -0.1) is 0 Å². The van der Waals surface area contributed by atoms with Gasteiger partial charge < -0.3 is 0 Å². The van der Waals surface area contributed by atoms with E-state index in [1.807, 2.05) is 0 Å². The Morgan fingerprint density at radius 2 is 0.250 bits per heavy atom. The number of hydrogen-bond acceptors (Lipinski definition) is 0. The minimum Gasteiger partial charge on any atom is 0 e. The Morgan fingerprint density at radius 3 is 0.250 bits per heavy atom. The zero-order chi connectivity index (χ0) is 0. The van der Waals surface area contributed by atoms with Crippen LogP contribution < -0.4 is 0 Å². The molecule has 8 heavy (non-hydrogen) atoms. The van der Waals surface area contributed by atoms with Crippen molar-refractivity contribution in [1.82, 2.24) is 0 Å². The Morgan fingerprint density at radius 1 is 0.250 bits per heavy atom. The maximum absolute atomic E-state index is 0. The van der Waals surface area contributed by atoms with Crippen LogP contribution in [0.3, 0.4) is 0 Å².